The van der Waals surface area contributed by atoms with Crippen molar-refractivity contribution in [3.8, 4) is 0 Å². The highest BCUT2D eigenvalue weighted by molar-refractivity contribution is 7.75. The van der Waals surface area contributed by atoms with Crippen LogP contribution >= 0.6 is 0 Å². The predicted molar refractivity (Wildman–Crippen MR) is 102 cm³/mol. The van der Waals surface area contributed by atoms with Gasteiger partial charge >= 0.3 is 11.4 Å². The predicted octanol–water partition coefficient (Wildman–Crippen LogP) is 4.14. The second kappa shape index (κ2) is 5.75. The molecule has 2 aliphatic carbocycles. The van der Waals surface area contributed by atoms with E-state index >= 15 is 0 Å². The van der Waals surface area contributed by atoms with Gasteiger partial charge in [-0.2, -0.15) is 4.21 Å². The van der Waals surface area contributed by atoms with Crippen LogP contribution in [0.5, 0.6) is 0 Å². The summed E-state index contributed by atoms with van der Waals surface area (Å²) >= 11 is -1.62. The molecule has 3 nitrogen and oxygen atoms in total. The largest absolute Gasteiger partial charge is 0.304 e. The Kier molecular flexibility index (Phi) is 3.69. The normalized spacial score (nSPS) is 38.3. The number of hydrogen-bond donors (Lipinski definition) is 0. The lowest BCUT2D eigenvalue weighted by atomic mass is 9.26. The molecule has 5 atom stereocenters. The van der Waals surface area contributed by atoms with E-state index in [1.54, 1.807) is 0 Å². The van der Waals surface area contributed by atoms with Gasteiger partial charge in [-0.3, -0.25) is 8.37 Å². The number of benzene rings is 2. The Balaban J connectivity index is 1.66. The molecule has 1 saturated heterocycles. The average Bonchev–Trinajstić information content (AvgIpc) is 2.80. The molecule has 5 rings (SSSR count). The van der Waals surface area contributed by atoms with Crippen LogP contribution in [0.15, 0.2) is 48.5 Å². The molecule has 3 aliphatic rings. The fourth-order valence-electron chi connectivity index (χ4n) is 6.03. The summed E-state index contributed by atoms with van der Waals surface area (Å²) in [4.78, 5) is 0. The molecule has 2 aromatic rings. The lowest BCUT2D eigenvalue weighted by Gasteiger charge is -2.76. The van der Waals surface area contributed by atoms with Gasteiger partial charge in [0, 0.05) is 22.7 Å². The zero-order valence-corrected chi connectivity index (χ0v) is 16.1. The van der Waals surface area contributed by atoms with E-state index in [0.717, 1.165) is 12.8 Å². The molecule has 1 aliphatic heterocycles. The first-order valence-electron chi connectivity index (χ1n) is 9.40. The Morgan fingerprint density at radius 2 is 1.15 bits per heavy atom. The number of fused-ring (bicyclic) bond motifs is 4. The summed E-state index contributed by atoms with van der Waals surface area (Å²) in [5, 5.41) is 0. The van der Waals surface area contributed by atoms with Gasteiger partial charge in [0.25, 0.3) is 0 Å². The molecule has 3 fully saturated rings. The van der Waals surface area contributed by atoms with Crippen molar-refractivity contribution in [1.82, 2.24) is 0 Å². The molecule has 1 heterocycles. The maximum Gasteiger partial charge on any atom is 0.304 e. The monoisotopic (exact) mass is 368 g/mol. The molecule has 0 N–H and O–H groups in total. The first kappa shape index (κ1) is 16.7. The third kappa shape index (κ3) is 1.98. The van der Waals surface area contributed by atoms with Gasteiger partial charge in [0.2, 0.25) is 0 Å². The van der Waals surface area contributed by atoms with Crippen molar-refractivity contribution in [3.63, 3.8) is 0 Å². The van der Waals surface area contributed by atoms with Crippen LogP contribution in [0.25, 0.3) is 0 Å². The maximum absolute atomic E-state index is 11.9. The van der Waals surface area contributed by atoms with E-state index in [0.29, 0.717) is 25.0 Å². The van der Waals surface area contributed by atoms with Gasteiger partial charge in [-0.05, 0) is 37.8 Å². The van der Waals surface area contributed by atoms with Gasteiger partial charge in [-0.15, -0.1) is 0 Å². The van der Waals surface area contributed by atoms with Gasteiger partial charge < -0.3 is 0 Å². The summed E-state index contributed by atoms with van der Waals surface area (Å²) in [7, 11) is 0. The minimum Gasteiger partial charge on any atom is -0.268 e. The first-order valence-corrected chi connectivity index (χ1v) is 10.4. The molecule has 2 aromatic carbocycles. The van der Waals surface area contributed by atoms with Crippen molar-refractivity contribution in [3.05, 3.63) is 70.8 Å². The molecule has 0 spiro atoms. The van der Waals surface area contributed by atoms with Crippen molar-refractivity contribution >= 4 is 11.4 Å². The van der Waals surface area contributed by atoms with Gasteiger partial charge in [-0.1, -0.05) is 59.7 Å². The number of aryl methyl sites for hydroxylation is 2. The van der Waals surface area contributed by atoms with E-state index in [1.807, 2.05) is 0 Å². The molecule has 0 aromatic heterocycles. The Morgan fingerprint density at radius 1 is 0.769 bits per heavy atom. The van der Waals surface area contributed by atoms with Crippen LogP contribution in [-0.2, 0) is 30.6 Å². The third-order valence-electron chi connectivity index (χ3n) is 7.28. The fraction of sp³-hybridized carbons (Fsp3) is 0.455. The highest BCUT2D eigenvalue weighted by atomic mass is 32.2. The Labute approximate surface area is 157 Å². The van der Waals surface area contributed by atoms with Gasteiger partial charge in [0.05, 0.1) is 13.2 Å². The molecule has 26 heavy (non-hydrogen) atoms. The molecule has 0 radical (unpaired) electrons. The summed E-state index contributed by atoms with van der Waals surface area (Å²) in [5.74, 6) is 0.707. The molecule has 0 amide bonds. The smallest absolute Gasteiger partial charge is 0.268 e. The molecular formula is C22H24O3S. The minimum atomic E-state index is -1.62. The maximum atomic E-state index is 11.9. The van der Waals surface area contributed by atoms with E-state index in [4.69, 9.17) is 8.37 Å². The standard InChI is InChI=1S/C22H24O3S/c1-15-3-7-17(8-4-15)21-11-12-22(21,18-9-5-16(2)6-10-18)20-14-25-26(23)24-13-19(20)21/h3-10,19-20H,11-14H2,1-2H3/t19-,20+,21-,22+,26?. The molecule has 2 saturated carbocycles. The van der Waals surface area contributed by atoms with Crippen molar-refractivity contribution < 1.29 is 12.6 Å². The van der Waals surface area contributed by atoms with Crippen molar-refractivity contribution in [2.24, 2.45) is 11.8 Å². The zero-order chi connectivity index (χ0) is 17.9. The molecule has 0 bridgehead atoms. The van der Waals surface area contributed by atoms with Gasteiger partial charge in [-0.25, -0.2) is 0 Å². The summed E-state index contributed by atoms with van der Waals surface area (Å²) in [6.07, 6.45) is 2.31. The zero-order valence-electron chi connectivity index (χ0n) is 15.2. The van der Waals surface area contributed by atoms with E-state index < -0.39 is 11.4 Å². The number of hydrogen-bond acceptors (Lipinski definition) is 3. The summed E-state index contributed by atoms with van der Waals surface area (Å²) in [5.41, 5.74) is 5.49. The van der Waals surface area contributed by atoms with E-state index in [-0.39, 0.29) is 10.8 Å². The summed E-state index contributed by atoms with van der Waals surface area (Å²) in [6, 6.07) is 18.0. The average molecular weight is 368 g/mol. The fourth-order valence-corrected chi connectivity index (χ4v) is 6.61. The second-order valence-electron chi connectivity index (χ2n) is 8.16. The minimum absolute atomic E-state index is 0.0680. The summed E-state index contributed by atoms with van der Waals surface area (Å²) in [6.45, 7) is 5.28. The lowest BCUT2D eigenvalue weighted by Crippen LogP contribution is -2.78. The van der Waals surface area contributed by atoms with Gasteiger partial charge in [0.1, 0.15) is 0 Å². The van der Waals surface area contributed by atoms with E-state index in [2.05, 4.69) is 62.4 Å². The van der Waals surface area contributed by atoms with E-state index in [1.165, 1.54) is 22.3 Å². The molecule has 4 heteroatoms. The van der Waals surface area contributed by atoms with Crippen LogP contribution in [-0.4, -0.2) is 17.4 Å². The van der Waals surface area contributed by atoms with Crippen LogP contribution in [0.2, 0.25) is 0 Å². The molecule has 1 unspecified atom stereocenters. The Hall–Kier alpha value is -1.49. The third-order valence-corrected chi connectivity index (χ3v) is 7.94. The van der Waals surface area contributed by atoms with Crippen molar-refractivity contribution in [1.29, 1.82) is 0 Å². The summed E-state index contributed by atoms with van der Waals surface area (Å²) < 4.78 is 22.9. The van der Waals surface area contributed by atoms with Gasteiger partial charge in [0.15, 0.2) is 0 Å². The second-order valence-corrected chi connectivity index (χ2v) is 9.04. The van der Waals surface area contributed by atoms with Crippen LogP contribution in [0, 0.1) is 25.7 Å². The lowest BCUT2D eigenvalue weighted by molar-refractivity contribution is -0.184. The van der Waals surface area contributed by atoms with Crippen molar-refractivity contribution in [2.75, 3.05) is 13.2 Å². The van der Waals surface area contributed by atoms with Crippen LogP contribution < -0.4 is 0 Å². The molecule has 136 valence electrons. The number of rotatable bonds is 2. The van der Waals surface area contributed by atoms with Crippen LogP contribution in [0.3, 0.4) is 0 Å². The molecular weight excluding hydrogens is 344 g/mol. The van der Waals surface area contributed by atoms with Crippen LogP contribution in [0.1, 0.15) is 35.1 Å². The Morgan fingerprint density at radius 3 is 1.50 bits per heavy atom. The first-order chi connectivity index (χ1) is 12.6. The highest BCUT2D eigenvalue weighted by Crippen LogP contribution is 2.77. The Bertz CT molecular complexity index is 788. The highest BCUT2D eigenvalue weighted by Gasteiger charge is 2.77. The topological polar surface area (TPSA) is 35.5 Å². The SMILES string of the molecule is Cc1ccc([C@]23CC[C@@]2(c2ccc(C)cc2)[C@@H]2COS(=O)OC[C@@H]23)cc1. The van der Waals surface area contributed by atoms with Crippen LogP contribution in [0.4, 0.5) is 0 Å². The van der Waals surface area contributed by atoms with E-state index in [9.17, 15) is 4.21 Å². The quantitative estimate of drug-likeness (QED) is 0.799. The van der Waals surface area contributed by atoms with Crippen molar-refractivity contribution in [2.45, 2.75) is 37.5 Å².